The molecule has 0 heterocycles. The summed E-state index contributed by atoms with van der Waals surface area (Å²) < 4.78 is 0. The number of primary amides is 1. The van der Waals surface area contributed by atoms with Crippen molar-refractivity contribution >= 4 is 28.8 Å². The molecule has 2 unspecified atom stereocenters. The second-order valence-electron chi connectivity index (χ2n) is 10.6. The highest BCUT2D eigenvalue weighted by molar-refractivity contribution is 6.17. The number of nitrogens with zero attached hydrogens (tertiary/aromatic N) is 1. The van der Waals surface area contributed by atoms with Crippen LogP contribution in [0.2, 0.25) is 0 Å². The molecule has 200 valence electrons. The Bertz CT molecular complexity index is 1370. The molecule has 1 amide bonds. The molecule has 1 fully saturated rings. The van der Waals surface area contributed by atoms with Gasteiger partial charge in [-0.2, -0.15) is 0 Å². The van der Waals surface area contributed by atoms with Crippen molar-refractivity contribution in [1.29, 1.82) is 0 Å². The molecular weight excluding hydrogens is 490 g/mol. The molecule has 0 aliphatic heterocycles. The minimum atomic E-state index is -2.53. The molecule has 0 bridgehead atoms. The van der Waals surface area contributed by atoms with E-state index in [9.17, 15) is 34.8 Å². The Hall–Kier alpha value is -3.89. The molecule has 10 heteroatoms. The zero-order chi connectivity index (χ0) is 27.5. The Morgan fingerprint density at radius 3 is 2.47 bits per heavy atom. The van der Waals surface area contributed by atoms with Gasteiger partial charge in [0.05, 0.1) is 17.4 Å². The van der Waals surface area contributed by atoms with Gasteiger partial charge in [0.1, 0.15) is 17.4 Å². The van der Waals surface area contributed by atoms with Gasteiger partial charge in [-0.25, -0.2) is 0 Å². The Balaban J connectivity index is 1.61. The molecule has 2 aromatic rings. The molecule has 3 aliphatic rings. The molecule has 3 aliphatic carbocycles. The monoisotopic (exact) mass is 521 g/mol. The van der Waals surface area contributed by atoms with Crippen LogP contribution in [-0.2, 0) is 22.6 Å². The van der Waals surface area contributed by atoms with Crippen molar-refractivity contribution in [2.75, 3.05) is 24.3 Å². The van der Waals surface area contributed by atoms with Crippen molar-refractivity contribution in [3.8, 4) is 5.75 Å². The summed E-state index contributed by atoms with van der Waals surface area (Å²) in [5.74, 6) is -7.23. The molecule has 1 saturated carbocycles. The molecule has 0 spiro atoms. The number of aromatic hydroxyl groups is 1. The number of hydrogen-bond donors (Lipinski definition) is 6. The highest BCUT2D eigenvalue weighted by atomic mass is 16.3. The van der Waals surface area contributed by atoms with Gasteiger partial charge in [0.2, 0.25) is 5.91 Å². The summed E-state index contributed by atoms with van der Waals surface area (Å²) in [6.45, 7) is 0.386. The first-order chi connectivity index (χ1) is 18.0. The van der Waals surface area contributed by atoms with Gasteiger partial charge in [0.15, 0.2) is 17.2 Å². The van der Waals surface area contributed by atoms with E-state index in [0.29, 0.717) is 23.5 Å². The summed E-state index contributed by atoms with van der Waals surface area (Å²) >= 11 is 0. The predicted octanol–water partition coefficient (Wildman–Crippen LogP) is 1.42. The van der Waals surface area contributed by atoms with Crippen LogP contribution in [-0.4, -0.2) is 63.7 Å². The lowest BCUT2D eigenvalue weighted by atomic mass is 9.58. The minimum absolute atomic E-state index is 0.0126. The van der Waals surface area contributed by atoms with Crippen molar-refractivity contribution in [2.24, 2.45) is 23.5 Å². The van der Waals surface area contributed by atoms with Gasteiger partial charge >= 0.3 is 0 Å². The molecule has 2 aromatic carbocycles. The number of carbonyl (C=O) groups is 3. The third-order valence-corrected chi connectivity index (χ3v) is 8.17. The van der Waals surface area contributed by atoms with Crippen LogP contribution >= 0.6 is 0 Å². The van der Waals surface area contributed by atoms with E-state index in [1.165, 1.54) is 0 Å². The molecule has 5 rings (SSSR count). The second-order valence-corrected chi connectivity index (χ2v) is 10.6. The lowest BCUT2D eigenvalue weighted by Crippen LogP contribution is -2.63. The van der Waals surface area contributed by atoms with Crippen molar-refractivity contribution in [2.45, 2.75) is 37.5 Å². The van der Waals surface area contributed by atoms with E-state index in [2.05, 4.69) is 5.32 Å². The fraction of sp³-hybridized carbons (Fsp3) is 0.393. The largest absolute Gasteiger partial charge is 0.508 e. The number of fused-ring (bicyclic) bond motifs is 3. The molecular formula is C28H31N3O7. The quantitative estimate of drug-likeness (QED) is 0.251. The van der Waals surface area contributed by atoms with Gasteiger partial charge in [-0.1, -0.05) is 30.3 Å². The standard InChI is InChI=1S/C28H31N3O7/c1-31(2)18-11-17(30-12-13-6-4-3-5-7-13)23(33)21-16(18)9-14-8-15-10-19(32)22(27(29)37)26(36)28(15,38)25(35)20(14)24(21)34/h3-7,11,14-15,19,22,30,32-33,35,38H,8-10,12H2,1-2H3,(H2,29,37)/t14-,15+,19?,22?,28+/m1/s1. The summed E-state index contributed by atoms with van der Waals surface area (Å²) in [6, 6.07) is 11.3. The predicted molar refractivity (Wildman–Crippen MR) is 139 cm³/mol. The van der Waals surface area contributed by atoms with Crippen molar-refractivity contribution in [3.05, 3.63) is 64.4 Å². The average molecular weight is 522 g/mol. The highest BCUT2D eigenvalue weighted by Gasteiger charge is 2.62. The van der Waals surface area contributed by atoms with E-state index in [0.717, 1.165) is 5.56 Å². The number of aliphatic hydroxyl groups is 3. The second kappa shape index (κ2) is 9.14. The van der Waals surface area contributed by atoms with Crippen LogP contribution in [0.5, 0.6) is 5.75 Å². The maximum absolute atomic E-state index is 13.9. The first kappa shape index (κ1) is 25.7. The topological polar surface area (TPSA) is 173 Å². The van der Waals surface area contributed by atoms with Crippen LogP contribution in [0.25, 0.3) is 0 Å². The summed E-state index contributed by atoms with van der Waals surface area (Å²) in [6.07, 6.45) is -1.15. The van der Waals surface area contributed by atoms with E-state index in [1.54, 1.807) is 6.07 Å². The fourth-order valence-electron chi connectivity index (χ4n) is 6.30. The van der Waals surface area contributed by atoms with Crippen molar-refractivity contribution in [3.63, 3.8) is 0 Å². The molecule has 0 saturated heterocycles. The SMILES string of the molecule is CN(C)c1cc(NCc2ccccc2)c(O)c2c1C[C@H]1C[C@H]3CC(O)C(C(N)=O)C(=O)[C@@]3(O)C(O)=C1C2=O. The molecule has 38 heavy (non-hydrogen) atoms. The van der Waals surface area contributed by atoms with Crippen LogP contribution in [0.15, 0.2) is 47.7 Å². The highest BCUT2D eigenvalue weighted by Crippen LogP contribution is 2.53. The smallest absolute Gasteiger partial charge is 0.230 e. The molecule has 7 N–H and O–H groups in total. The van der Waals surface area contributed by atoms with Crippen molar-refractivity contribution < 1.29 is 34.8 Å². The molecule has 5 atom stereocenters. The third-order valence-electron chi connectivity index (χ3n) is 8.17. The third kappa shape index (κ3) is 3.74. The summed E-state index contributed by atoms with van der Waals surface area (Å²) in [5, 5.41) is 47.5. The number of nitrogens with two attached hydrogens (primary N) is 1. The number of amides is 1. The Morgan fingerprint density at radius 1 is 1.16 bits per heavy atom. The Kier molecular flexibility index (Phi) is 6.19. The number of carbonyl (C=O) groups excluding carboxylic acids is 3. The zero-order valence-corrected chi connectivity index (χ0v) is 21.1. The number of aliphatic hydroxyl groups excluding tert-OH is 2. The fourth-order valence-corrected chi connectivity index (χ4v) is 6.30. The normalized spacial score (nSPS) is 28.3. The summed E-state index contributed by atoms with van der Waals surface area (Å²) in [7, 11) is 3.64. The van der Waals surface area contributed by atoms with Gasteiger partial charge in [-0.15, -0.1) is 0 Å². The minimum Gasteiger partial charge on any atom is -0.508 e. The van der Waals surface area contributed by atoms with Gasteiger partial charge < -0.3 is 36.4 Å². The van der Waals surface area contributed by atoms with Crippen LogP contribution in [0.4, 0.5) is 11.4 Å². The van der Waals surface area contributed by atoms with Gasteiger partial charge in [0.25, 0.3) is 0 Å². The molecule has 0 aromatic heterocycles. The number of ketones is 2. The van der Waals surface area contributed by atoms with Gasteiger partial charge in [-0.3, -0.25) is 14.4 Å². The van der Waals surface area contributed by atoms with E-state index in [1.807, 2.05) is 49.3 Å². The van der Waals surface area contributed by atoms with E-state index in [-0.39, 0.29) is 36.1 Å². The number of nitrogens with one attached hydrogen (secondary N) is 1. The van der Waals surface area contributed by atoms with Gasteiger partial charge in [-0.05, 0) is 42.4 Å². The number of rotatable bonds is 5. The van der Waals surface area contributed by atoms with E-state index >= 15 is 0 Å². The average Bonchev–Trinajstić information content (AvgIpc) is 2.86. The number of hydrogen-bond acceptors (Lipinski definition) is 9. The van der Waals surface area contributed by atoms with Crippen molar-refractivity contribution in [1.82, 2.24) is 0 Å². The number of Topliss-reactive ketones (excluding diaryl/α,β-unsaturated/α-hetero) is 2. The maximum Gasteiger partial charge on any atom is 0.230 e. The zero-order valence-electron chi connectivity index (χ0n) is 21.1. The number of benzene rings is 2. The Morgan fingerprint density at radius 2 is 1.84 bits per heavy atom. The van der Waals surface area contributed by atoms with Crippen LogP contribution in [0.3, 0.4) is 0 Å². The summed E-state index contributed by atoms with van der Waals surface area (Å²) in [5.41, 5.74) is 5.18. The van der Waals surface area contributed by atoms with E-state index < -0.39 is 52.7 Å². The molecule has 0 radical (unpaired) electrons. The van der Waals surface area contributed by atoms with Crippen LogP contribution < -0.4 is 16.0 Å². The maximum atomic E-state index is 13.9. The number of phenolic OH excluding ortho intramolecular Hbond substituents is 1. The number of allylic oxidation sites excluding steroid dienone is 1. The lowest BCUT2D eigenvalue weighted by molar-refractivity contribution is -0.167. The Labute approximate surface area is 219 Å². The number of anilines is 2. The first-order valence-electron chi connectivity index (χ1n) is 12.5. The van der Waals surface area contributed by atoms with Gasteiger partial charge in [0, 0.05) is 37.8 Å². The lowest BCUT2D eigenvalue weighted by Gasteiger charge is -2.48. The summed E-state index contributed by atoms with van der Waals surface area (Å²) in [4.78, 5) is 40.8. The van der Waals surface area contributed by atoms with Crippen LogP contribution in [0.1, 0.15) is 34.3 Å². The van der Waals surface area contributed by atoms with E-state index in [4.69, 9.17) is 5.73 Å². The first-order valence-corrected chi connectivity index (χ1v) is 12.5. The number of phenols is 1. The van der Waals surface area contributed by atoms with Crippen LogP contribution in [0, 0.1) is 17.8 Å². The molecule has 10 nitrogen and oxygen atoms in total.